The molecule has 0 saturated carbocycles. The van der Waals surface area contributed by atoms with E-state index in [1.54, 1.807) is 12.4 Å². The smallest absolute Gasteiger partial charge is 0.236 e. The van der Waals surface area contributed by atoms with Crippen LogP contribution in [0.4, 0.5) is 0 Å². The van der Waals surface area contributed by atoms with E-state index < -0.39 is 0 Å². The van der Waals surface area contributed by atoms with Gasteiger partial charge in [0.05, 0.1) is 6.54 Å². The Morgan fingerprint density at radius 1 is 1.32 bits per heavy atom. The lowest BCUT2D eigenvalue weighted by Crippen LogP contribution is -2.47. The van der Waals surface area contributed by atoms with Gasteiger partial charge in [0, 0.05) is 36.4 Å². The van der Waals surface area contributed by atoms with Crippen LogP contribution in [0.3, 0.4) is 0 Å². The molecule has 2 aromatic rings. The van der Waals surface area contributed by atoms with Crippen LogP contribution in [0.25, 0.3) is 0 Å². The highest BCUT2D eigenvalue weighted by Gasteiger charge is 2.26. The number of carbonyl (C=O) groups is 1. The molecule has 0 aromatic carbocycles. The van der Waals surface area contributed by atoms with Crippen molar-refractivity contribution in [1.29, 1.82) is 0 Å². The van der Waals surface area contributed by atoms with Crippen molar-refractivity contribution in [2.24, 2.45) is 0 Å². The fraction of sp³-hybridized carbons (Fsp3) is 0.500. The molecule has 3 rings (SSSR count). The van der Waals surface area contributed by atoms with Gasteiger partial charge in [-0.3, -0.25) is 14.7 Å². The van der Waals surface area contributed by atoms with Crippen LogP contribution in [0.2, 0.25) is 0 Å². The van der Waals surface area contributed by atoms with Crippen molar-refractivity contribution in [3.05, 3.63) is 52.5 Å². The maximum absolute atomic E-state index is 12.8. The molecule has 1 aliphatic heterocycles. The third-order valence-electron chi connectivity index (χ3n) is 4.86. The van der Waals surface area contributed by atoms with E-state index >= 15 is 0 Å². The summed E-state index contributed by atoms with van der Waals surface area (Å²) in [5.74, 6) is 0.271. The first kappa shape index (κ1) is 18.1. The molecule has 4 nitrogen and oxygen atoms in total. The Kier molecular flexibility index (Phi) is 6.59. The van der Waals surface area contributed by atoms with Gasteiger partial charge in [-0.1, -0.05) is 6.07 Å². The van der Waals surface area contributed by atoms with Crippen LogP contribution in [0, 0.1) is 0 Å². The normalized spacial score (nSPS) is 17.8. The number of nitrogens with zero attached hydrogens (tertiary/aromatic N) is 3. The largest absolute Gasteiger partial charge is 0.339 e. The summed E-state index contributed by atoms with van der Waals surface area (Å²) < 4.78 is 0. The van der Waals surface area contributed by atoms with Crippen molar-refractivity contribution in [3.63, 3.8) is 0 Å². The molecule has 0 spiro atoms. The zero-order valence-corrected chi connectivity index (χ0v) is 15.8. The van der Waals surface area contributed by atoms with Gasteiger partial charge >= 0.3 is 0 Å². The Balaban J connectivity index is 1.52. The van der Waals surface area contributed by atoms with Crippen molar-refractivity contribution >= 4 is 17.2 Å². The van der Waals surface area contributed by atoms with Crippen LogP contribution in [-0.2, 0) is 17.8 Å². The third-order valence-corrected chi connectivity index (χ3v) is 5.79. The Hall–Kier alpha value is -1.72. The van der Waals surface area contributed by atoms with Crippen LogP contribution in [0.1, 0.15) is 36.1 Å². The second kappa shape index (κ2) is 9.11. The van der Waals surface area contributed by atoms with E-state index in [0.717, 1.165) is 38.8 Å². The summed E-state index contributed by atoms with van der Waals surface area (Å²) in [4.78, 5) is 22.6. The molecule has 25 heavy (non-hydrogen) atoms. The van der Waals surface area contributed by atoms with E-state index in [9.17, 15) is 4.79 Å². The quantitative estimate of drug-likeness (QED) is 0.760. The number of aryl methyl sites for hydroxylation is 1. The number of hydrogen-bond donors (Lipinski definition) is 0. The molecule has 1 unspecified atom stereocenters. The van der Waals surface area contributed by atoms with E-state index in [1.165, 1.54) is 16.9 Å². The third kappa shape index (κ3) is 5.38. The van der Waals surface area contributed by atoms with Crippen molar-refractivity contribution < 1.29 is 4.79 Å². The highest BCUT2D eigenvalue weighted by molar-refractivity contribution is 7.09. The Labute approximate surface area is 154 Å². The van der Waals surface area contributed by atoms with Gasteiger partial charge in [-0.25, -0.2) is 0 Å². The fourth-order valence-electron chi connectivity index (χ4n) is 3.57. The van der Waals surface area contributed by atoms with Gasteiger partial charge in [-0.2, -0.15) is 0 Å². The van der Waals surface area contributed by atoms with Gasteiger partial charge in [0.15, 0.2) is 0 Å². The SMILES string of the molecule is CN(CC(=O)N1CCCCC1CCc1cccs1)Cc1ccncc1. The highest BCUT2D eigenvalue weighted by Crippen LogP contribution is 2.23. The number of pyridine rings is 1. The maximum Gasteiger partial charge on any atom is 0.236 e. The summed E-state index contributed by atoms with van der Waals surface area (Å²) in [6.45, 7) is 2.18. The number of carbonyl (C=O) groups excluding carboxylic acids is 1. The van der Waals surface area contributed by atoms with Crippen LogP contribution in [0.15, 0.2) is 42.0 Å². The molecule has 1 fully saturated rings. The number of thiophene rings is 1. The van der Waals surface area contributed by atoms with E-state index in [-0.39, 0.29) is 5.91 Å². The van der Waals surface area contributed by atoms with E-state index in [4.69, 9.17) is 0 Å². The molecule has 134 valence electrons. The van der Waals surface area contributed by atoms with Gasteiger partial charge in [-0.15, -0.1) is 11.3 Å². The van der Waals surface area contributed by atoms with Gasteiger partial charge in [0.25, 0.3) is 0 Å². The van der Waals surface area contributed by atoms with Crippen molar-refractivity contribution in [2.75, 3.05) is 20.1 Å². The predicted molar refractivity (Wildman–Crippen MR) is 103 cm³/mol. The number of likely N-dealkylation sites (N-methyl/N-ethyl adjacent to an activating group) is 1. The van der Waals surface area contributed by atoms with E-state index in [2.05, 4.69) is 32.3 Å². The topological polar surface area (TPSA) is 36.4 Å². The summed E-state index contributed by atoms with van der Waals surface area (Å²) in [5, 5.41) is 2.13. The van der Waals surface area contributed by atoms with Gasteiger partial charge in [-0.05, 0) is 68.3 Å². The second-order valence-corrected chi connectivity index (χ2v) is 7.91. The minimum atomic E-state index is 0.271. The van der Waals surface area contributed by atoms with Gasteiger partial charge in [0.1, 0.15) is 0 Å². The number of rotatable bonds is 7. The minimum absolute atomic E-state index is 0.271. The lowest BCUT2D eigenvalue weighted by Gasteiger charge is -2.37. The molecule has 1 amide bonds. The zero-order valence-electron chi connectivity index (χ0n) is 14.9. The summed E-state index contributed by atoms with van der Waals surface area (Å²) in [7, 11) is 2.02. The number of aromatic nitrogens is 1. The highest BCUT2D eigenvalue weighted by atomic mass is 32.1. The molecule has 5 heteroatoms. The molecule has 1 aliphatic rings. The van der Waals surface area contributed by atoms with E-state index in [0.29, 0.717) is 12.6 Å². The Morgan fingerprint density at radius 2 is 2.16 bits per heavy atom. The number of amides is 1. The van der Waals surface area contributed by atoms with Crippen molar-refractivity contribution in [3.8, 4) is 0 Å². The van der Waals surface area contributed by atoms with Crippen molar-refractivity contribution in [1.82, 2.24) is 14.8 Å². The Morgan fingerprint density at radius 3 is 2.92 bits per heavy atom. The molecule has 0 radical (unpaired) electrons. The first-order valence-corrected chi connectivity index (χ1v) is 9.99. The van der Waals surface area contributed by atoms with Crippen LogP contribution < -0.4 is 0 Å². The Bertz CT molecular complexity index is 644. The molecular formula is C20H27N3OS. The number of hydrogen-bond acceptors (Lipinski definition) is 4. The molecule has 3 heterocycles. The first-order valence-electron chi connectivity index (χ1n) is 9.11. The predicted octanol–water partition coefficient (Wildman–Crippen LogP) is 3.59. The molecule has 0 bridgehead atoms. The molecule has 1 atom stereocenters. The molecule has 0 N–H and O–H groups in total. The van der Waals surface area contributed by atoms with E-state index in [1.807, 2.05) is 30.5 Å². The van der Waals surface area contributed by atoms with Gasteiger partial charge in [0.2, 0.25) is 5.91 Å². The number of likely N-dealkylation sites (tertiary alicyclic amines) is 1. The zero-order chi connectivity index (χ0) is 17.5. The summed E-state index contributed by atoms with van der Waals surface area (Å²) in [6.07, 6.45) is 9.29. The average Bonchev–Trinajstić information content (AvgIpc) is 3.14. The van der Waals surface area contributed by atoms with Crippen LogP contribution in [-0.4, -0.2) is 46.9 Å². The van der Waals surface area contributed by atoms with Crippen LogP contribution in [0.5, 0.6) is 0 Å². The standard InChI is InChI=1S/C20H27N3OS/c1-22(15-17-9-11-21-12-10-17)16-20(24)23-13-3-2-5-18(23)7-8-19-6-4-14-25-19/h4,6,9-12,14,18H,2-3,5,7-8,13,15-16H2,1H3. The minimum Gasteiger partial charge on any atom is -0.339 e. The lowest BCUT2D eigenvalue weighted by molar-refractivity contribution is -0.136. The van der Waals surface area contributed by atoms with Gasteiger partial charge < -0.3 is 4.90 Å². The molecular weight excluding hydrogens is 330 g/mol. The molecule has 1 saturated heterocycles. The maximum atomic E-state index is 12.8. The molecule has 2 aromatic heterocycles. The molecule has 0 aliphatic carbocycles. The average molecular weight is 358 g/mol. The first-order chi connectivity index (χ1) is 12.2. The monoisotopic (exact) mass is 357 g/mol. The van der Waals surface area contributed by atoms with Crippen LogP contribution >= 0.6 is 11.3 Å². The lowest BCUT2D eigenvalue weighted by atomic mass is 9.97. The van der Waals surface area contributed by atoms with Crippen molar-refractivity contribution in [2.45, 2.75) is 44.7 Å². The second-order valence-electron chi connectivity index (χ2n) is 6.88. The summed E-state index contributed by atoms with van der Waals surface area (Å²) in [6, 6.07) is 8.72. The number of piperidine rings is 1. The fourth-order valence-corrected chi connectivity index (χ4v) is 4.29. The summed E-state index contributed by atoms with van der Waals surface area (Å²) in [5.41, 5.74) is 1.19. The summed E-state index contributed by atoms with van der Waals surface area (Å²) >= 11 is 1.82.